The van der Waals surface area contributed by atoms with Gasteiger partial charge in [0.25, 0.3) is 0 Å². The smallest absolute Gasteiger partial charge is 0.234 e. The van der Waals surface area contributed by atoms with Crippen molar-refractivity contribution in [1.82, 2.24) is 24.8 Å². The fourth-order valence-electron chi connectivity index (χ4n) is 2.65. The lowest BCUT2D eigenvalue weighted by Gasteiger charge is -2.34. The molecule has 0 aromatic carbocycles. The third-order valence-electron chi connectivity index (χ3n) is 4.18. The van der Waals surface area contributed by atoms with Crippen molar-refractivity contribution in [2.24, 2.45) is 0 Å². The van der Waals surface area contributed by atoms with Crippen molar-refractivity contribution in [2.75, 3.05) is 37.6 Å². The minimum absolute atomic E-state index is 0.121. The molecule has 1 saturated heterocycles. The molecule has 1 N–H and O–H groups in total. The average Bonchev–Trinajstić information content (AvgIpc) is 3.05. The molecule has 1 amide bonds. The Bertz CT molecular complexity index is 641. The highest BCUT2D eigenvalue weighted by molar-refractivity contribution is 7.20. The zero-order chi connectivity index (χ0) is 16.4. The van der Waals surface area contributed by atoms with E-state index in [1.807, 2.05) is 24.6 Å². The summed E-state index contributed by atoms with van der Waals surface area (Å²) in [5.41, 5.74) is 0.993. The first kappa shape index (κ1) is 16.2. The first-order valence-corrected chi connectivity index (χ1v) is 8.96. The minimum Gasteiger partial charge on any atom is -0.353 e. The number of hydrogen-bond donors (Lipinski definition) is 1. The van der Waals surface area contributed by atoms with Crippen molar-refractivity contribution in [1.29, 1.82) is 0 Å². The summed E-state index contributed by atoms with van der Waals surface area (Å²) in [5.74, 6) is 0.121. The molecule has 1 atom stereocenters. The molecule has 1 unspecified atom stereocenters. The van der Waals surface area contributed by atoms with Gasteiger partial charge in [-0.3, -0.25) is 9.69 Å². The molecule has 0 radical (unpaired) electrons. The number of nitrogens with one attached hydrogen (secondary N) is 1. The van der Waals surface area contributed by atoms with E-state index in [1.165, 1.54) is 0 Å². The Kier molecular flexibility index (Phi) is 4.82. The van der Waals surface area contributed by atoms with Gasteiger partial charge in [0.1, 0.15) is 0 Å². The van der Waals surface area contributed by atoms with Crippen molar-refractivity contribution >= 4 is 27.3 Å². The van der Waals surface area contributed by atoms with Crippen LogP contribution in [0.25, 0.3) is 4.96 Å². The Labute approximate surface area is 140 Å². The number of anilines is 1. The highest BCUT2D eigenvalue weighted by Crippen LogP contribution is 2.24. The molecule has 3 rings (SSSR count). The van der Waals surface area contributed by atoms with Crippen LogP contribution in [-0.2, 0) is 4.79 Å². The molecule has 1 aliphatic rings. The molecule has 126 valence electrons. The zero-order valence-corrected chi connectivity index (χ0v) is 14.8. The fourth-order valence-corrected chi connectivity index (χ4v) is 3.63. The molecule has 1 fully saturated rings. The predicted molar refractivity (Wildman–Crippen MR) is 92.1 cm³/mol. The second-order valence-electron chi connectivity index (χ2n) is 6.13. The van der Waals surface area contributed by atoms with E-state index in [-0.39, 0.29) is 11.9 Å². The largest absolute Gasteiger partial charge is 0.353 e. The Morgan fingerprint density at radius 3 is 2.78 bits per heavy atom. The summed E-state index contributed by atoms with van der Waals surface area (Å²) in [6, 6.07) is 0.249. The van der Waals surface area contributed by atoms with Crippen LogP contribution in [0, 0.1) is 6.92 Å². The maximum absolute atomic E-state index is 12.0. The SMILES string of the molecule is CCC(C)NC(=O)CN1CCN(c2nn3cc(C)nc3s2)CC1. The monoisotopic (exact) mass is 336 g/mol. The summed E-state index contributed by atoms with van der Waals surface area (Å²) < 4.78 is 1.85. The first-order valence-electron chi connectivity index (χ1n) is 8.14. The molecule has 0 saturated carbocycles. The van der Waals surface area contributed by atoms with Crippen LogP contribution in [0.1, 0.15) is 26.0 Å². The Hall–Kier alpha value is -1.67. The quantitative estimate of drug-likeness (QED) is 0.887. The molecule has 0 aliphatic carbocycles. The van der Waals surface area contributed by atoms with Gasteiger partial charge >= 0.3 is 0 Å². The molecular formula is C15H24N6OS. The minimum atomic E-state index is 0.121. The second-order valence-corrected chi connectivity index (χ2v) is 7.07. The summed E-state index contributed by atoms with van der Waals surface area (Å²) in [5, 5.41) is 8.63. The molecule has 2 aromatic heterocycles. The van der Waals surface area contributed by atoms with Crippen molar-refractivity contribution in [3.63, 3.8) is 0 Å². The summed E-state index contributed by atoms with van der Waals surface area (Å²) in [4.78, 5) is 21.8. The van der Waals surface area contributed by atoms with Crippen LogP contribution < -0.4 is 10.2 Å². The fraction of sp³-hybridized carbons (Fsp3) is 0.667. The molecule has 23 heavy (non-hydrogen) atoms. The summed E-state index contributed by atoms with van der Waals surface area (Å²) >= 11 is 1.62. The van der Waals surface area contributed by atoms with Crippen LogP contribution in [0.15, 0.2) is 6.20 Å². The second kappa shape index (κ2) is 6.84. The normalized spacial score (nSPS) is 17.6. The highest BCUT2D eigenvalue weighted by Gasteiger charge is 2.22. The molecular weight excluding hydrogens is 312 g/mol. The Morgan fingerprint density at radius 2 is 2.13 bits per heavy atom. The number of hydrogen-bond acceptors (Lipinski definition) is 6. The van der Waals surface area contributed by atoms with Gasteiger partial charge in [-0.05, 0) is 20.3 Å². The first-order chi connectivity index (χ1) is 11.0. The molecule has 8 heteroatoms. The standard InChI is InChI=1S/C15H24N6OS/c1-4-11(2)16-13(22)10-19-5-7-20(8-6-19)15-18-21-9-12(3)17-14(21)23-15/h9,11H,4-8,10H2,1-3H3,(H,16,22). The van der Waals surface area contributed by atoms with E-state index in [4.69, 9.17) is 0 Å². The van der Waals surface area contributed by atoms with Crippen LogP contribution in [-0.4, -0.2) is 64.2 Å². The van der Waals surface area contributed by atoms with E-state index >= 15 is 0 Å². The van der Waals surface area contributed by atoms with Gasteiger partial charge in [0.2, 0.25) is 16.0 Å². The summed E-state index contributed by atoms with van der Waals surface area (Å²) in [7, 11) is 0. The van der Waals surface area contributed by atoms with Crippen molar-refractivity contribution < 1.29 is 4.79 Å². The van der Waals surface area contributed by atoms with E-state index in [1.54, 1.807) is 11.3 Å². The number of aromatic nitrogens is 3. The van der Waals surface area contributed by atoms with Gasteiger partial charge in [0.15, 0.2) is 0 Å². The Morgan fingerprint density at radius 1 is 1.39 bits per heavy atom. The van der Waals surface area contributed by atoms with Gasteiger partial charge in [-0.25, -0.2) is 9.50 Å². The summed E-state index contributed by atoms with van der Waals surface area (Å²) in [6.45, 7) is 10.1. The molecule has 7 nitrogen and oxygen atoms in total. The zero-order valence-electron chi connectivity index (χ0n) is 13.9. The van der Waals surface area contributed by atoms with Gasteiger partial charge in [0, 0.05) is 32.2 Å². The molecule has 1 aliphatic heterocycles. The number of amides is 1. The topological polar surface area (TPSA) is 65.8 Å². The number of carbonyl (C=O) groups is 1. The van der Waals surface area contributed by atoms with Crippen molar-refractivity contribution in [3.05, 3.63) is 11.9 Å². The van der Waals surface area contributed by atoms with E-state index in [0.717, 1.165) is 48.4 Å². The lowest BCUT2D eigenvalue weighted by Crippen LogP contribution is -2.50. The van der Waals surface area contributed by atoms with Gasteiger partial charge in [0.05, 0.1) is 18.4 Å². The molecule has 3 heterocycles. The number of fused-ring (bicyclic) bond motifs is 1. The van der Waals surface area contributed by atoms with Gasteiger partial charge in [-0.15, -0.1) is 5.10 Å². The van der Waals surface area contributed by atoms with Gasteiger partial charge in [-0.1, -0.05) is 18.3 Å². The lowest BCUT2D eigenvalue weighted by molar-refractivity contribution is -0.122. The molecule has 0 spiro atoms. The summed E-state index contributed by atoms with van der Waals surface area (Å²) in [6.07, 6.45) is 2.91. The van der Waals surface area contributed by atoms with Crippen LogP contribution in [0.5, 0.6) is 0 Å². The average molecular weight is 336 g/mol. The molecule has 2 aromatic rings. The number of piperazine rings is 1. The van der Waals surface area contributed by atoms with E-state index in [9.17, 15) is 4.79 Å². The van der Waals surface area contributed by atoms with Crippen LogP contribution >= 0.6 is 11.3 Å². The van der Waals surface area contributed by atoms with E-state index < -0.39 is 0 Å². The Balaban J connectivity index is 1.51. The van der Waals surface area contributed by atoms with Crippen LogP contribution in [0.2, 0.25) is 0 Å². The van der Waals surface area contributed by atoms with Crippen LogP contribution in [0.3, 0.4) is 0 Å². The van der Waals surface area contributed by atoms with Crippen LogP contribution in [0.4, 0.5) is 5.13 Å². The maximum Gasteiger partial charge on any atom is 0.234 e. The third-order valence-corrected chi connectivity index (χ3v) is 5.17. The van der Waals surface area contributed by atoms with Crippen molar-refractivity contribution in [2.45, 2.75) is 33.2 Å². The lowest BCUT2D eigenvalue weighted by atomic mass is 10.2. The van der Waals surface area contributed by atoms with Gasteiger partial charge in [-0.2, -0.15) is 0 Å². The number of carbonyl (C=O) groups excluding carboxylic acids is 1. The number of imidazole rings is 1. The maximum atomic E-state index is 12.0. The molecule has 0 bridgehead atoms. The van der Waals surface area contributed by atoms with E-state index in [0.29, 0.717) is 6.54 Å². The third kappa shape index (κ3) is 3.81. The number of rotatable bonds is 5. The highest BCUT2D eigenvalue weighted by atomic mass is 32.1. The van der Waals surface area contributed by atoms with Crippen molar-refractivity contribution in [3.8, 4) is 0 Å². The van der Waals surface area contributed by atoms with Gasteiger partial charge < -0.3 is 10.2 Å². The number of aryl methyl sites for hydroxylation is 1. The number of nitrogens with zero attached hydrogens (tertiary/aromatic N) is 5. The van der Waals surface area contributed by atoms with E-state index in [2.05, 4.69) is 32.1 Å². The predicted octanol–water partition coefficient (Wildman–Crippen LogP) is 1.14.